The first kappa shape index (κ1) is 10.8. The summed E-state index contributed by atoms with van der Waals surface area (Å²) in [4.78, 5) is 10.8. The summed E-state index contributed by atoms with van der Waals surface area (Å²) in [7, 11) is 0. The van der Waals surface area contributed by atoms with Crippen molar-refractivity contribution in [3.05, 3.63) is 23.0 Å². The number of nitrogens with one attached hydrogen (secondary N) is 1. The Morgan fingerprint density at radius 2 is 2.29 bits per heavy atom. The Hall–Kier alpha value is -1.25. The van der Waals surface area contributed by atoms with Crippen LogP contribution in [0, 0.1) is 5.92 Å². The van der Waals surface area contributed by atoms with Crippen LogP contribution in [-0.4, -0.2) is 11.1 Å². The molecule has 0 spiro atoms. The number of carbonyl (C=O) groups is 1. The highest BCUT2D eigenvalue weighted by molar-refractivity contribution is 5.88. The van der Waals surface area contributed by atoms with E-state index in [4.69, 9.17) is 5.11 Å². The van der Waals surface area contributed by atoms with Gasteiger partial charge in [-0.1, -0.05) is 19.9 Å². The molecule has 0 aromatic rings. The first-order valence-corrected chi connectivity index (χ1v) is 4.89. The van der Waals surface area contributed by atoms with E-state index in [1.54, 1.807) is 0 Å². The van der Waals surface area contributed by atoms with Crippen molar-refractivity contribution in [3.63, 3.8) is 0 Å². The molecule has 0 amide bonds. The van der Waals surface area contributed by atoms with E-state index < -0.39 is 5.97 Å². The molecule has 0 radical (unpaired) electrons. The Kier molecular flexibility index (Phi) is 3.33. The zero-order chi connectivity index (χ0) is 10.7. The number of allylic oxidation sites excluding steroid dienone is 3. The highest BCUT2D eigenvalue weighted by atomic mass is 16.4. The SMILES string of the molecule is CC1=C(C(=O)O)CC=C(CC(C)C)N1. The molecule has 1 heterocycles. The molecule has 1 rings (SSSR count). The molecule has 14 heavy (non-hydrogen) atoms. The first-order valence-electron chi connectivity index (χ1n) is 4.89. The van der Waals surface area contributed by atoms with Crippen LogP contribution in [0.4, 0.5) is 0 Å². The molecule has 0 saturated carbocycles. The molecule has 3 heteroatoms. The van der Waals surface area contributed by atoms with Crippen LogP contribution >= 0.6 is 0 Å². The quantitative estimate of drug-likeness (QED) is 0.726. The summed E-state index contributed by atoms with van der Waals surface area (Å²) in [6, 6.07) is 0. The van der Waals surface area contributed by atoms with Crippen LogP contribution in [-0.2, 0) is 4.79 Å². The average Bonchev–Trinajstić information content (AvgIpc) is 2.01. The molecule has 0 aromatic carbocycles. The zero-order valence-corrected chi connectivity index (χ0v) is 8.92. The van der Waals surface area contributed by atoms with Gasteiger partial charge in [-0.25, -0.2) is 4.79 Å². The van der Waals surface area contributed by atoms with Crippen molar-refractivity contribution < 1.29 is 9.90 Å². The highest BCUT2D eigenvalue weighted by Gasteiger charge is 2.15. The lowest BCUT2D eigenvalue weighted by molar-refractivity contribution is -0.132. The number of hydrogen-bond donors (Lipinski definition) is 2. The minimum atomic E-state index is -0.824. The molecular formula is C11H17NO2. The number of rotatable bonds is 3. The van der Waals surface area contributed by atoms with Crippen molar-refractivity contribution in [2.24, 2.45) is 5.92 Å². The van der Waals surface area contributed by atoms with Gasteiger partial charge >= 0.3 is 5.97 Å². The lowest BCUT2D eigenvalue weighted by atomic mass is 10.0. The second kappa shape index (κ2) is 4.31. The molecule has 0 aromatic heterocycles. The second-order valence-corrected chi connectivity index (χ2v) is 4.07. The Balaban J connectivity index is 2.65. The maximum Gasteiger partial charge on any atom is 0.333 e. The van der Waals surface area contributed by atoms with Crippen LogP contribution in [0.15, 0.2) is 23.0 Å². The molecular weight excluding hydrogens is 178 g/mol. The van der Waals surface area contributed by atoms with Gasteiger partial charge in [-0.15, -0.1) is 0 Å². The van der Waals surface area contributed by atoms with Gasteiger partial charge < -0.3 is 10.4 Å². The van der Waals surface area contributed by atoms with E-state index in [1.807, 2.05) is 13.0 Å². The van der Waals surface area contributed by atoms with Crippen molar-refractivity contribution in [1.82, 2.24) is 5.32 Å². The first-order chi connectivity index (χ1) is 6.50. The van der Waals surface area contributed by atoms with Gasteiger partial charge in [-0.05, 0) is 19.3 Å². The fourth-order valence-electron chi connectivity index (χ4n) is 1.57. The van der Waals surface area contributed by atoms with Gasteiger partial charge in [0.05, 0.1) is 5.57 Å². The van der Waals surface area contributed by atoms with Gasteiger partial charge in [0.15, 0.2) is 0 Å². The monoisotopic (exact) mass is 195 g/mol. The van der Waals surface area contributed by atoms with Crippen molar-refractivity contribution in [2.75, 3.05) is 0 Å². The predicted molar refractivity (Wildman–Crippen MR) is 55.6 cm³/mol. The van der Waals surface area contributed by atoms with Crippen LogP contribution in [0.2, 0.25) is 0 Å². The predicted octanol–water partition coefficient (Wildman–Crippen LogP) is 2.27. The van der Waals surface area contributed by atoms with Gasteiger partial charge in [0.25, 0.3) is 0 Å². The van der Waals surface area contributed by atoms with Crippen LogP contribution in [0.3, 0.4) is 0 Å². The lowest BCUT2D eigenvalue weighted by Gasteiger charge is -2.19. The minimum absolute atomic E-state index is 0.470. The Morgan fingerprint density at radius 3 is 2.71 bits per heavy atom. The van der Waals surface area contributed by atoms with Crippen molar-refractivity contribution in [3.8, 4) is 0 Å². The molecule has 2 N–H and O–H groups in total. The van der Waals surface area contributed by atoms with E-state index in [9.17, 15) is 4.79 Å². The van der Waals surface area contributed by atoms with E-state index in [2.05, 4.69) is 19.2 Å². The maximum absolute atomic E-state index is 10.8. The fourth-order valence-corrected chi connectivity index (χ4v) is 1.57. The van der Waals surface area contributed by atoms with E-state index in [0.717, 1.165) is 17.8 Å². The smallest absolute Gasteiger partial charge is 0.333 e. The third-order valence-electron chi connectivity index (χ3n) is 2.24. The van der Waals surface area contributed by atoms with Gasteiger partial charge in [-0.2, -0.15) is 0 Å². The summed E-state index contributed by atoms with van der Waals surface area (Å²) >= 11 is 0. The Labute approximate surface area is 84.5 Å². The second-order valence-electron chi connectivity index (χ2n) is 4.07. The summed E-state index contributed by atoms with van der Waals surface area (Å²) in [6.07, 6.45) is 3.48. The molecule has 3 nitrogen and oxygen atoms in total. The largest absolute Gasteiger partial charge is 0.478 e. The molecule has 0 fully saturated rings. The summed E-state index contributed by atoms with van der Waals surface area (Å²) in [6.45, 7) is 6.11. The van der Waals surface area contributed by atoms with E-state index >= 15 is 0 Å². The number of dihydropyridines is 1. The topological polar surface area (TPSA) is 49.3 Å². The fraction of sp³-hybridized carbons (Fsp3) is 0.545. The summed E-state index contributed by atoms with van der Waals surface area (Å²) in [5, 5.41) is 12.0. The van der Waals surface area contributed by atoms with Crippen molar-refractivity contribution in [2.45, 2.75) is 33.6 Å². The van der Waals surface area contributed by atoms with E-state index in [1.165, 1.54) is 0 Å². The normalized spacial score (nSPS) is 16.7. The van der Waals surface area contributed by atoms with Crippen molar-refractivity contribution in [1.29, 1.82) is 0 Å². The van der Waals surface area contributed by atoms with Crippen LogP contribution < -0.4 is 5.32 Å². The molecule has 0 atom stereocenters. The van der Waals surface area contributed by atoms with E-state index in [0.29, 0.717) is 17.9 Å². The third-order valence-corrected chi connectivity index (χ3v) is 2.24. The minimum Gasteiger partial charge on any atom is -0.478 e. The van der Waals surface area contributed by atoms with Gasteiger partial charge in [0.2, 0.25) is 0 Å². The summed E-state index contributed by atoms with van der Waals surface area (Å²) < 4.78 is 0. The summed E-state index contributed by atoms with van der Waals surface area (Å²) in [5.74, 6) is -0.234. The molecule has 0 saturated heterocycles. The zero-order valence-electron chi connectivity index (χ0n) is 8.92. The Bertz CT molecular complexity index is 300. The standard InChI is InChI=1S/C11H17NO2/c1-7(2)6-9-4-5-10(11(13)14)8(3)12-9/h4,7,12H,5-6H2,1-3H3,(H,13,14). The number of aliphatic carboxylic acids is 1. The number of carboxylic acid groups (broad SMARTS) is 1. The third kappa shape index (κ3) is 2.62. The molecule has 1 aliphatic heterocycles. The van der Waals surface area contributed by atoms with Crippen molar-refractivity contribution >= 4 is 5.97 Å². The lowest BCUT2D eigenvalue weighted by Crippen LogP contribution is -2.21. The van der Waals surface area contributed by atoms with Gasteiger partial charge in [0.1, 0.15) is 0 Å². The van der Waals surface area contributed by atoms with Gasteiger partial charge in [-0.3, -0.25) is 0 Å². The molecule has 0 aliphatic carbocycles. The Morgan fingerprint density at radius 1 is 1.64 bits per heavy atom. The number of hydrogen-bond acceptors (Lipinski definition) is 2. The average molecular weight is 195 g/mol. The molecule has 0 bridgehead atoms. The molecule has 1 aliphatic rings. The molecule has 78 valence electrons. The van der Waals surface area contributed by atoms with E-state index in [-0.39, 0.29) is 0 Å². The van der Waals surface area contributed by atoms with Crippen LogP contribution in [0.25, 0.3) is 0 Å². The molecule has 0 unspecified atom stereocenters. The van der Waals surface area contributed by atoms with Crippen LogP contribution in [0.1, 0.15) is 33.6 Å². The highest BCUT2D eigenvalue weighted by Crippen LogP contribution is 2.19. The van der Waals surface area contributed by atoms with Gasteiger partial charge in [0, 0.05) is 17.8 Å². The summed E-state index contributed by atoms with van der Waals surface area (Å²) in [5.41, 5.74) is 2.38. The number of carboxylic acids is 1. The maximum atomic E-state index is 10.8. The van der Waals surface area contributed by atoms with Crippen LogP contribution in [0.5, 0.6) is 0 Å².